The zero-order chi connectivity index (χ0) is 9.26. The highest BCUT2D eigenvalue weighted by Gasteiger charge is 2.33. The van der Waals surface area contributed by atoms with E-state index in [1.807, 2.05) is 0 Å². The van der Waals surface area contributed by atoms with Gasteiger partial charge < -0.3 is 4.90 Å². The van der Waals surface area contributed by atoms with Gasteiger partial charge in [0.2, 0.25) is 0 Å². The molecule has 0 saturated carbocycles. The zero-order valence-electron chi connectivity index (χ0n) is 9.13. The number of piperidine rings is 2. The Morgan fingerprint density at radius 3 is 2.85 bits per heavy atom. The maximum absolute atomic E-state index is 2.75. The Hall–Kier alpha value is -0.0400. The zero-order valence-corrected chi connectivity index (χ0v) is 9.13. The molecule has 3 unspecified atom stereocenters. The van der Waals surface area contributed by atoms with Crippen LogP contribution in [0.5, 0.6) is 0 Å². The fraction of sp³-hybridized carbons (Fsp3) is 1.00. The minimum Gasteiger partial charge on any atom is -0.300 e. The van der Waals surface area contributed by atoms with Crippen molar-refractivity contribution in [3.8, 4) is 0 Å². The summed E-state index contributed by atoms with van der Waals surface area (Å²) in [6.07, 6.45) is 7.25. The lowest BCUT2D eigenvalue weighted by molar-refractivity contribution is 0.0416. The van der Waals surface area contributed by atoms with E-state index < -0.39 is 0 Å². The van der Waals surface area contributed by atoms with E-state index in [2.05, 4.69) is 18.7 Å². The summed E-state index contributed by atoms with van der Waals surface area (Å²) in [5, 5.41) is 0. The number of hydrogen-bond acceptors (Lipinski definition) is 1. The second kappa shape index (κ2) is 4.00. The highest BCUT2D eigenvalue weighted by molar-refractivity contribution is 4.87. The first-order valence-corrected chi connectivity index (χ1v) is 6.05. The van der Waals surface area contributed by atoms with Gasteiger partial charge in [0, 0.05) is 6.04 Å². The van der Waals surface area contributed by atoms with Crippen molar-refractivity contribution < 1.29 is 0 Å². The Morgan fingerprint density at radius 1 is 1.23 bits per heavy atom. The van der Waals surface area contributed by atoms with E-state index in [1.165, 1.54) is 45.2 Å². The first-order chi connectivity index (χ1) is 6.31. The third kappa shape index (κ3) is 1.90. The summed E-state index contributed by atoms with van der Waals surface area (Å²) >= 11 is 0. The summed E-state index contributed by atoms with van der Waals surface area (Å²) in [7, 11) is 0. The molecule has 0 aromatic heterocycles. The molecular weight excluding hydrogens is 158 g/mol. The first-order valence-electron chi connectivity index (χ1n) is 6.05. The monoisotopic (exact) mass is 181 g/mol. The molecule has 0 radical (unpaired) electrons. The molecule has 0 bridgehead atoms. The molecule has 0 aromatic carbocycles. The standard InChI is InChI=1S/C12H23N/c1-3-11-6-8-13-7-4-5-10(2)12(13)9-11/h10-12H,3-9H2,1-2H3. The minimum absolute atomic E-state index is 0.937. The molecule has 13 heavy (non-hydrogen) atoms. The SMILES string of the molecule is CCC1CCN2CCCC(C)C2C1. The van der Waals surface area contributed by atoms with Gasteiger partial charge in [0.15, 0.2) is 0 Å². The molecule has 76 valence electrons. The van der Waals surface area contributed by atoms with Crippen LogP contribution in [0.4, 0.5) is 0 Å². The average molecular weight is 181 g/mol. The summed E-state index contributed by atoms with van der Waals surface area (Å²) in [5.74, 6) is 1.99. The van der Waals surface area contributed by atoms with E-state index in [0.29, 0.717) is 0 Å². The molecule has 1 heteroatoms. The summed E-state index contributed by atoms with van der Waals surface area (Å²) in [6.45, 7) is 7.57. The van der Waals surface area contributed by atoms with Gasteiger partial charge >= 0.3 is 0 Å². The fourth-order valence-corrected chi connectivity index (χ4v) is 3.17. The van der Waals surface area contributed by atoms with Crippen molar-refractivity contribution >= 4 is 0 Å². The minimum atomic E-state index is 0.937. The van der Waals surface area contributed by atoms with Crippen LogP contribution in [0.3, 0.4) is 0 Å². The second-order valence-electron chi connectivity index (χ2n) is 5.02. The Kier molecular flexibility index (Phi) is 2.92. The summed E-state index contributed by atoms with van der Waals surface area (Å²) in [5.41, 5.74) is 0. The number of nitrogens with zero attached hydrogens (tertiary/aromatic N) is 1. The Morgan fingerprint density at radius 2 is 2.08 bits per heavy atom. The van der Waals surface area contributed by atoms with Crippen molar-refractivity contribution in [3.63, 3.8) is 0 Å². The van der Waals surface area contributed by atoms with Crippen LogP contribution in [0.15, 0.2) is 0 Å². The van der Waals surface area contributed by atoms with Gasteiger partial charge in [-0.1, -0.05) is 20.3 Å². The quantitative estimate of drug-likeness (QED) is 0.601. The normalized spacial score (nSPS) is 41.5. The molecule has 2 saturated heterocycles. The van der Waals surface area contributed by atoms with Gasteiger partial charge in [-0.15, -0.1) is 0 Å². The van der Waals surface area contributed by atoms with E-state index in [0.717, 1.165) is 17.9 Å². The van der Waals surface area contributed by atoms with E-state index in [4.69, 9.17) is 0 Å². The van der Waals surface area contributed by atoms with Crippen LogP contribution < -0.4 is 0 Å². The van der Waals surface area contributed by atoms with E-state index in [1.54, 1.807) is 0 Å². The van der Waals surface area contributed by atoms with Crippen molar-refractivity contribution in [1.82, 2.24) is 4.90 Å². The van der Waals surface area contributed by atoms with Gasteiger partial charge in [0.05, 0.1) is 0 Å². The van der Waals surface area contributed by atoms with Crippen LogP contribution in [-0.4, -0.2) is 24.0 Å². The third-order valence-corrected chi connectivity index (χ3v) is 4.21. The molecule has 0 aromatic rings. The maximum atomic E-state index is 2.75. The third-order valence-electron chi connectivity index (χ3n) is 4.21. The van der Waals surface area contributed by atoms with Crippen molar-refractivity contribution in [2.45, 2.75) is 52.0 Å². The predicted molar refractivity (Wildman–Crippen MR) is 56.8 cm³/mol. The van der Waals surface area contributed by atoms with Crippen molar-refractivity contribution in [2.75, 3.05) is 13.1 Å². The lowest BCUT2D eigenvalue weighted by Crippen LogP contribution is -2.49. The van der Waals surface area contributed by atoms with Crippen LogP contribution in [0.25, 0.3) is 0 Å². The lowest BCUT2D eigenvalue weighted by atomic mass is 9.79. The molecule has 2 aliphatic heterocycles. The molecule has 2 fully saturated rings. The Balaban J connectivity index is 1.97. The van der Waals surface area contributed by atoms with Crippen LogP contribution in [0.2, 0.25) is 0 Å². The molecular formula is C12H23N. The molecule has 3 atom stereocenters. The molecule has 2 rings (SSSR count). The van der Waals surface area contributed by atoms with E-state index in [-0.39, 0.29) is 0 Å². The Labute approximate surface area is 82.5 Å². The lowest BCUT2D eigenvalue weighted by Gasteiger charge is -2.45. The van der Waals surface area contributed by atoms with Crippen LogP contribution in [-0.2, 0) is 0 Å². The second-order valence-corrected chi connectivity index (χ2v) is 5.02. The van der Waals surface area contributed by atoms with Gasteiger partial charge in [-0.3, -0.25) is 0 Å². The number of fused-ring (bicyclic) bond motifs is 1. The smallest absolute Gasteiger partial charge is 0.0123 e. The van der Waals surface area contributed by atoms with Crippen LogP contribution in [0.1, 0.15) is 46.0 Å². The highest BCUT2D eigenvalue weighted by Crippen LogP contribution is 2.34. The molecule has 0 spiro atoms. The van der Waals surface area contributed by atoms with Crippen molar-refractivity contribution in [2.24, 2.45) is 11.8 Å². The van der Waals surface area contributed by atoms with E-state index in [9.17, 15) is 0 Å². The highest BCUT2D eigenvalue weighted by atomic mass is 15.2. The molecule has 2 heterocycles. The predicted octanol–water partition coefficient (Wildman–Crippen LogP) is 2.91. The molecule has 0 amide bonds. The molecule has 1 nitrogen and oxygen atoms in total. The van der Waals surface area contributed by atoms with Crippen LogP contribution in [0, 0.1) is 11.8 Å². The van der Waals surface area contributed by atoms with E-state index >= 15 is 0 Å². The van der Waals surface area contributed by atoms with Gasteiger partial charge in [-0.05, 0) is 50.6 Å². The van der Waals surface area contributed by atoms with Gasteiger partial charge in [-0.2, -0.15) is 0 Å². The van der Waals surface area contributed by atoms with Gasteiger partial charge in [0.1, 0.15) is 0 Å². The van der Waals surface area contributed by atoms with Gasteiger partial charge in [-0.25, -0.2) is 0 Å². The fourth-order valence-electron chi connectivity index (χ4n) is 3.17. The summed E-state index contributed by atoms with van der Waals surface area (Å²) in [6, 6.07) is 0.937. The molecule has 2 aliphatic rings. The average Bonchev–Trinajstić information content (AvgIpc) is 2.18. The topological polar surface area (TPSA) is 3.24 Å². The summed E-state index contributed by atoms with van der Waals surface area (Å²) in [4.78, 5) is 2.75. The van der Waals surface area contributed by atoms with Crippen LogP contribution >= 0.6 is 0 Å². The van der Waals surface area contributed by atoms with Crippen molar-refractivity contribution in [1.29, 1.82) is 0 Å². The number of rotatable bonds is 1. The molecule has 0 N–H and O–H groups in total. The summed E-state index contributed by atoms with van der Waals surface area (Å²) < 4.78 is 0. The Bertz CT molecular complexity index is 167. The maximum Gasteiger partial charge on any atom is 0.0123 e. The number of hydrogen-bond donors (Lipinski definition) is 0. The first kappa shape index (κ1) is 9.51. The van der Waals surface area contributed by atoms with Crippen molar-refractivity contribution in [3.05, 3.63) is 0 Å². The van der Waals surface area contributed by atoms with Gasteiger partial charge in [0.25, 0.3) is 0 Å². The largest absolute Gasteiger partial charge is 0.300 e. The molecule has 0 aliphatic carbocycles.